The van der Waals surface area contributed by atoms with Crippen molar-refractivity contribution in [2.45, 2.75) is 32.1 Å². The number of hydrogen-bond donors (Lipinski definition) is 1. The molecule has 0 aromatic carbocycles. The summed E-state index contributed by atoms with van der Waals surface area (Å²) >= 11 is 3.58. The van der Waals surface area contributed by atoms with Gasteiger partial charge in [0, 0.05) is 16.9 Å². The lowest BCUT2D eigenvalue weighted by Crippen LogP contribution is -2.04. The highest BCUT2D eigenvalue weighted by molar-refractivity contribution is 9.10. The highest BCUT2D eigenvalue weighted by atomic mass is 79.9. The van der Waals surface area contributed by atoms with Gasteiger partial charge in [-0.3, -0.25) is 4.98 Å². The van der Waals surface area contributed by atoms with Crippen LogP contribution in [0, 0.1) is 0 Å². The van der Waals surface area contributed by atoms with Gasteiger partial charge in [0.2, 0.25) is 0 Å². The third-order valence-corrected chi connectivity index (χ3v) is 3.71. The van der Waals surface area contributed by atoms with Crippen LogP contribution in [0.3, 0.4) is 0 Å². The second-order valence-corrected chi connectivity index (χ2v) is 5.02. The Morgan fingerprint density at radius 2 is 2.25 bits per heavy atom. The molecule has 2 nitrogen and oxygen atoms in total. The zero-order valence-electron chi connectivity index (χ0n) is 9.38. The van der Waals surface area contributed by atoms with Crippen molar-refractivity contribution in [2.75, 3.05) is 6.54 Å². The minimum atomic E-state index is 0.771. The van der Waals surface area contributed by atoms with Gasteiger partial charge in [-0.2, -0.15) is 0 Å². The Hall–Kier alpha value is -0.670. The molecule has 0 saturated carbocycles. The molecular weight excluding hydrogens is 264 g/mol. The Morgan fingerprint density at radius 1 is 1.38 bits per heavy atom. The molecule has 2 rings (SSSR count). The van der Waals surface area contributed by atoms with E-state index in [1.165, 1.54) is 29.5 Å². The molecule has 0 atom stereocenters. The third-order valence-electron chi connectivity index (χ3n) is 3.02. The molecule has 1 aliphatic carbocycles. The predicted octanol–water partition coefficient (Wildman–Crippen LogP) is 3.30. The molecule has 16 heavy (non-hydrogen) atoms. The van der Waals surface area contributed by atoms with Crippen LogP contribution in [-0.2, 0) is 6.42 Å². The van der Waals surface area contributed by atoms with Crippen molar-refractivity contribution in [3.8, 4) is 0 Å². The fraction of sp³-hybridized carbons (Fsp3) is 0.462. The molecule has 2 N–H and O–H groups in total. The van der Waals surface area contributed by atoms with Crippen molar-refractivity contribution in [2.24, 2.45) is 5.73 Å². The number of unbranched alkanes of at least 4 members (excludes halogenated alkanes) is 1. The van der Waals surface area contributed by atoms with Gasteiger partial charge in [0.15, 0.2) is 0 Å². The molecule has 0 radical (unpaired) electrons. The van der Waals surface area contributed by atoms with Crippen molar-refractivity contribution in [3.63, 3.8) is 0 Å². The first-order valence-electron chi connectivity index (χ1n) is 5.85. The number of aromatic nitrogens is 1. The zero-order chi connectivity index (χ0) is 11.4. The molecule has 0 unspecified atom stereocenters. The van der Waals surface area contributed by atoms with E-state index >= 15 is 0 Å². The van der Waals surface area contributed by atoms with Gasteiger partial charge in [0.25, 0.3) is 0 Å². The molecule has 1 aromatic rings. The Labute approximate surface area is 105 Å². The number of rotatable bonds is 3. The fourth-order valence-electron chi connectivity index (χ4n) is 2.19. The minimum absolute atomic E-state index is 0.771. The maximum Gasteiger partial charge on any atom is 0.0413 e. The van der Waals surface area contributed by atoms with E-state index in [2.05, 4.69) is 27.0 Å². The van der Waals surface area contributed by atoms with E-state index in [0.717, 1.165) is 30.3 Å². The van der Waals surface area contributed by atoms with Crippen LogP contribution >= 0.6 is 15.9 Å². The summed E-state index contributed by atoms with van der Waals surface area (Å²) in [4.78, 5) is 4.26. The monoisotopic (exact) mass is 280 g/mol. The molecule has 0 spiro atoms. The van der Waals surface area contributed by atoms with E-state index in [0.29, 0.717) is 0 Å². The summed E-state index contributed by atoms with van der Waals surface area (Å²) in [6.07, 6.45) is 11.9. The van der Waals surface area contributed by atoms with Crippen LogP contribution in [0.2, 0.25) is 0 Å². The maximum absolute atomic E-state index is 5.51. The van der Waals surface area contributed by atoms with E-state index in [1.807, 2.05) is 12.4 Å². The van der Waals surface area contributed by atoms with Crippen LogP contribution < -0.4 is 5.73 Å². The van der Waals surface area contributed by atoms with Gasteiger partial charge in [-0.15, -0.1) is 0 Å². The molecule has 1 aliphatic rings. The summed E-state index contributed by atoms with van der Waals surface area (Å²) in [5.41, 5.74) is 9.71. The van der Waals surface area contributed by atoms with Crippen molar-refractivity contribution >= 4 is 21.5 Å². The van der Waals surface area contributed by atoms with Gasteiger partial charge in [0.1, 0.15) is 0 Å². The van der Waals surface area contributed by atoms with E-state index < -0.39 is 0 Å². The standard InChI is InChI=1S/C13H17BrN2/c14-13-9-16-8-12-10(4-1-2-7-15)5-3-6-11(12)13/h4,8-9H,1-3,5-7,15H2/b10-4+. The summed E-state index contributed by atoms with van der Waals surface area (Å²) in [6.45, 7) is 0.771. The van der Waals surface area contributed by atoms with Crippen LogP contribution in [-0.4, -0.2) is 11.5 Å². The SMILES string of the molecule is NCCC/C=C1\CCCc2c(Br)cncc21. The van der Waals surface area contributed by atoms with Crippen molar-refractivity contribution in [1.82, 2.24) is 4.98 Å². The zero-order valence-corrected chi connectivity index (χ0v) is 11.0. The first-order valence-corrected chi connectivity index (χ1v) is 6.64. The predicted molar refractivity (Wildman–Crippen MR) is 71.1 cm³/mol. The summed E-state index contributed by atoms with van der Waals surface area (Å²) in [5.74, 6) is 0. The molecule has 0 saturated heterocycles. The number of nitrogens with zero attached hydrogens (tertiary/aromatic N) is 1. The van der Waals surface area contributed by atoms with Crippen LogP contribution in [0.5, 0.6) is 0 Å². The van der Waals surface area contributed by atoms with Crippen LogP contribution in [0.25, 0.3) is 5.57 Å². The highest BCUT2D eigenvalue weighted by Crippen LogP contribution is 2.34. The second-order valence-electron chi connectivity index (χ2n) is 4.16. The largest absolute Gasteiger partial charge is 0.330 e. The van der Waals surface area contributed by atoms with E-state index in [1.54, 1.807) is 0 Å². The van der Waals surface area contributed by atoms with Crippen molar-refractivity contribution in [1.29, 1.82) is 0 Å². The van der Waals surface area contributed by atoms with Gasteiger partial charge in [-0.25, -0.2) is 0 Å². The summed E-state index contributed by atoms with van der Waals surface area (Å²) in [6, 6.07) is 0. The normalized spacial score (nSPS) is 17.5. The molecular formula is C13H17BrN2. The molecule has 1 aromatic heterocycles. The number of nitrogens with two attached hydrogens (primary N) is 1. The van der Waals surface area contributed by atoms with Gasteiger partial charge in [-0.1, -0.05) is 6.08 Å². The number of pyridine rings is 1. The molecule has 0 amide bonds. The van der Waals surface area contributed by atoms with Gasteiger partial charge >= 0.3 is 0 Å². The fourth-order valence-corrected chi connectivity index (χ4v) is 2.72. The van der Waals surface area contributed by atoms with Crippen LogP contribution in [0.1, 0.15) is 36.8 Å². The number of allylic oxidation sites excluding steroid dienone is 2. The molecule has 0 bridgehead atoms. The number of hydrogen-bond acceptors (Lipinski definition) is 2. The number of fused-ring (bicyclic) bond motifs is 1. The first-order chi connectivity index (χ1) is 7.83. The van der Waals surface area contributed by atoms with Crippen LogP contribution in [0.4, 0.5) is 0 Å². The van der Waals surface area contributed by atoms with E-state index in [9.17, 15) is 0 Å². The second kappa shape index (κ2) is 5.60. The molecule has 0 fully saturated rings. The Morgan fingerprint density at radius 3 is 3.06 bits per heavy atom. The molecule has 86 valence electrons. The quantitative estimate of drug-likeness (QED) is 0.863. The summed E-state index contributed by atoms with van der Waals surface area (Å²) in [7, 11) is 0. The van der Waals surface area contributed by atoms with Gasteiger partial charge < -0.3 is 5.73 Å². The first kappa shape index (κ1) is 11.8. The molecule has 1 heterocycles. The lowest BCUT2D eigenvalue weighted by Gasteiger charge is -2.19. The smallest absolute Gasteiger partial charge is 0.0413 e. The van der Waals surface area contributed by atoms with Gasteiger partial charge in [-0.05, 0) is 71.3 Å². The highest BCUT2D eigenvalue weighted by Gasteiger charge is 2.16. The third kappa shape index (κ3) is 2.53. The van der Waals surface area contributed by atoms with Crippen molar-refractivity contribution in [3.05, 3.63) is 34.1 Å². The summed E-state index contributed by atoms with van der Waals surface area (Å²) in [5, 5.41) is 0. The Kier molecular flexibility index (Phi) is 4.13. The minimum Gasteiger partial charge on any atom is -0.330 e. The van der Waals surface area contributed by atoms with Crippen molar-refractivity contribution < 1.29 is 0 Å². The van der Waals surface area contributed by atoms with E-state index in [4.69, 9.17) is 5.73 Å². The summed E-state index contributed by atoms with van der Waals surface area (Å²) < 4.78 is 1.15. The lowest BCUT2D eigenvalue weighted by molar-refractivity contribution is 0.803. The maximum atomic E-state index is 5.51. The average Bonchev–Trinajstić information content (AvgIpc) is 2.31. The van der Waals surface area contributed by atoms with Gasteiger partial charge in [0.05, 0.1) is 0 Å². The molecule has 0 aliphatic heterocycles. The van der Waals surface area contributed by atoms with E-state index in [-0.39, 0.29) is 0 Å². The lowest BCUT2D eigenvalue weighted by atomic mass is 9.88. The molecule has 3 heteroatoms. The average molecular weight is 281 g/mol. The topological polar surface area (TPSA) is 38.9 Å². The Bertz CT molecular complexity index is 399. The number of halogens is 1. The Balaban J connectivity index is 2.26. The van der Waals surface area contributed by atoms with Crippen LogP contribution in [0.15, 0.2) is 22.9 Å².